The first-order valence-electron chi connectivity index (χ1n) is 4.92. The molecule has 78 valence electrons. The molecule has 0 bridgehead atoms. The molecule has 0 aromatic carbocycles. The SMILES string of the molecule is Cc1ccn(Cc2ccc(CN)cn2)n1. The summed E-state index contributed by atoms with van der Waals surface area (Å²) in [5, 5.41) is 4.30. The molecule has 0 atom stereocenters. The maximum Gasteiger partial charge on any atom is 0.0831 e. The topological polar surface area (TPSA) is 56.7 Å². The van der Waals surface area contributed by atoms with Crippen LogP contribution in [0.5, 0.6) is 0 Å². The van der Waals surface area contributed by atoms with E-state index < -0.39 is 0 Å². The van der Waals surface area contributed by atoms with Crippen LogP contribution in [0.4, 0.5) is 0 Å². The molecular formula is C11H14N4. The van der Waals surface area contributed by atoms with Crippen molar-refractivity contribution in [3.63, 3.8) is 0 Å². The molecule has 0 saturated heterocycles. The van der Waals surface area contributed by atoms with Gasteiger partial charge in [0.05, 0.1) is 17.9 Å². The van der Waals surface area contributed by atoms with Gasteiger partial charge in [0.2, 0.25) is 0 Å². The van der Waals surface area contributed by atoms with E-state index in [2.05, 4.69) is 10.1 Å². The number of hydrogen-bond acceptors (Lipinski definition) is 3. The Morgan fingerprint density at radius 2 is 2.20 bits per heavy atom. The summed E-state index contributed by atoms with van der Waals surface area (Å²) in [6.07, 6.45) is 3.76. The first-order valence-corrected chi connectivity index (χ1v) is 4.92. The summed E-state index contributed by atoms with van der Waals surface area (Å²) in [6.45, 7) is 3.22. The number of nitrogens with two attached hydrogens (primary N) is 1. The summed E-state index contributed by atoms with van der Waals surface area (Å²) in [6, 6.07) is 5.96. The molecule has 0 aliphatic carbocycles. The van der Waals surface area contributed by atoms with Crippen molar-refractivity contribution >= 4 is 0 Å². The van der Waals surface area contributed by atoms with Gasteiger partial charge in [-0.1, -0.05) is 6.07 Å². The molecule has 2 aromatic rings. The van der Waals surface area contributed by atoms with Crippen molar-refractivity contribution in [2.45, 2.75) is 20.0 Å². The van der Waals surface area contributed by atoms with E-state index in [1.165, 1.54) is 0 Å². The lowest BCUT2D eigenvalue weighted by atomic mass is 10.2. The molecule has 0 amide bonds. The van der Waals surface area contributed by atoms with Gasteiger partial charge in [-0.15, -0.1) is 0 Å². The molecule has 0 radical (unpaired) electrons. The first-order chi connectivity index (χ1) is 7.28. The van der Waals surface area contributed by atoms with E-state index >= 15 is 0 Å². The minimum atomic E-state index is 0.536. The summed E-state index contributed by atoms with van der Waals surface area (Å²) >= 11 is 0. The summed E-state index contributed by atoms with van der Waals surface area (Å²) in [4.78, 5) is 4.31. The lowest BCUT2D eigenvalue weighted by molar-refractivity contribution is 0.665. The zero-order valence-electron chi connectivity index (χ0n) is 8.72. The van der Waals surface area contributed by atoms with E-state index in [0.717, 1.165) is 17.0 Å². The Morgan fingerprint density at radius 3 is 2.73 bits per heavy atom. The van der Waals surface area contributed by atoms with Crippen LogP contribution >= 0.6 is 0 Å². The van der Waals surface area contributed by atoms with E-state index in [1.54, 1.807) is 0 Å². The van der Waals surface area contributed by atoms with Crippen molar-refractivity contribution in [3.8, 4) is 0 Å². The van der Waals surface area contributed by atoms with Crippen LogP contribution in [0.1, 0.15) is 17.0 Å². The minimum absolute atomic E-state index is 0.536. The maximum atomic E-state index is 5.50. The summed E-state index contributed by atoms with van der Waals surface area (Å²) in [5.41, 5.74) is 8.57. The Hall–Kier alpha value is -1.68. The van der Waals surface area contributed by atoms with Gasteiger partial charge in [0, 0.05) is 18.9 Å². The van der Waals surface area contributed by atoms with Gasteiger partial charge in [-0.2, -0.15) is 5.10 Å². The zero-order valence-corrected chi connectivity index (χ0v) is 8.72. The predicted molar refractivity (Wildman–Crippen MR) is 58.2 cm³/mol. The third kappa shape index (κ3) is 2.41. The van der Waals surface area contributed by atoms with E-state index in [4.69, 9.17) is 5.73 Å². The lowest BCUT2D eigenvalue weighted by Gasteiger charge is -2.02. The smallest absolute Gasteiger partial charge is 0.0831 e. The molecule has 2 rings (SSSR count). The monoisotopic (exact) mass is 202 g/mol. The molecule has 0 aliphatic heterocycles. The van der Waals surface area contributed by atoms with Gasteiger partial charge in [0.1, 0.15) is 0 Å². The second kappa shape index (κ2) is 4.23. The van der Waals surface area contributed by atoms with Crippen molar-refractivity contribution in [2.24, 2.45) is 5.73 Å². The molecule has 0 saturated carbocycles. The van der Waals surface area contributed by atoms with Gasteiger partial charge < -0.3 is 5.73 Å². The number of hydrogen-bond donors (Lipinski definition) is 1. The quantitative estimate of drug-likeness (QED) is 0.810. The predicted octanol–water partition coefficient (Wildman–Crippen LogP) is 1.09. The van der Waals surface area contributed by atoms with Crippen molar-refractivity contribution in [3.05, 3.63) is 47.5 Å². The standard InChI is InChI=1S/C11H14N4/c1-9-4-5-15(14-9)8-11-3-2-10(6-12)7-13-11/h2-5,7H,6,8,12H2,1H3. The second-order valence-corrected chi connectivity index (χ2v) is 3.52. The van der Waals surface area contributed by atoms with E-state index in [1.807, 2.05) is 42.2 Å². The fraction of sp³-hybridized carbons (Fsp3) is 0.273. The Balaban J connectivity index is 2.11. The average Bonchev–Trinajstić information content (AvgIpc) is 2.65. The molecule has 2 heterocycles. The van der Waals surface area contributed by atoms with Crippen molar-refractivity contribution in [1.82, 2.24) is 14.8 Å². The van der Waals surface area contributed by atoms with Crippen LogP contribution < -0.4 is 5.73 Å². The highest BCUT2D eigenvalue weighted by atomic mass is 15.3. The van der Waals surface area contributed by atoms with Crippen LogP contribution in [0.25, 0.3) is 0 Å². The number of aromatic nitrogens is 3. The molecule has 0 fully saturated rings. The molecule has 2 aromatic heterocycles. The van der Waals surface area contributed by atoms with Gasteiger partial charge in [0.15, 0.2) is 0 Å². The minimum Gasteiger partial charge on any atom is -0.326 e. The maximum absolute atomic E-state index is 5.50. The number of rotatable bonds is 3. The van der Waals surface area contributed by atoms with Crippen LogP contribution in [0, 0.1) is 6.92 Å². The molecule has 2 N–H and O–H groups in total. The van der Waals surface area contributed by atoms with Gasteiger partial charge in [-0.3, -0.25) is 9.67 Å². The molecule has 0 unspecified atom stereocenters. The van der Waals surface area contributed by atoms with Crippen molar-refractivity contribution in [2.75, 3.05) is 0 Å². The Morgan fingerprint density at radius 1 is 1.33 bits per heavy atom. The molecule has 0 spiro atoms. The largest absolute Gasteiger partial charge is 0.326 e. The Labute approximate surface area is 88.8 Å². The first kappa shape index (κ1) is 9.86. The van der Waals surface area contributed by atoms with E-state index in [9.17, 15) is 0 Å². The molecular weight excluding hydrogens is 188 g/mol. The van der Waals surface area contributed by atoms with Crippen LogP contribution in [-0.2, 0) is 13.1 Å². The third-order valence-corrected chi connectivity index (χ3v) is 2.22. The average molecular weight is 202 g/mol. The Kier molecular flexibility index (Phi) is 2.78. The highest BCUT2D eigenvalue weighted by Crippen LogP contribution is 2.02. The van der Waals surface area contributed by atoms with Crippen LogP contribution in [0.15, 0.2) is 30.6 Å². The summed E-state index contributed by atoms with van der Waals surface area (Å²) < 4.78 is 1.87. The highest BCUT2D eigenvalue weighted by molar-refractivity contribution is 5.14. The molecule has 4 heteroatoms. The number of aryl methyl sites for hydroxylation is 1. The van der Waals surface area contributed by atoms with Crippen LogP contribution in [0.3, 0.4) is 0 Å². The van der Waals surface area contributed by atoms with Gasteiger partial charge >= 0.3 is 0 Å². The van der Waals surface area contributed by atoms with Gasteiger partial charge in [-0.05, 0) is 24.6 Å². The summed E-state index contributed by atoms with van der Waals surface area (Å²) in [7, 11) is 0. The lowest BCUT2D eigenvalue weighted by Crippen LogP contribution is -2.04. The third-order valence-electron chi connectivity index (χ3n) is 2.22. The summed E-state index contributed by atoms with van der Waals surface area (Å²) in [5.74, 6) is 0. The normalized spacial score (nSPS) is 10.5. The fourth-order valence-electron chi connectivity index (χ4n) is 1.39. The van der Waals surface area contributed by atoms with E-state index in [-0.39, 0.29) is 0 Å². The van der Waals surface area contributed by atoms with Crippen molar-refractivity contribution < 1.29 is 0 Å². The number of nitrogens with zero attached hydrogens (tertiary/aromatic N) is 3. The molecule has 4 nitrogen and oxygen atoms in total. The molecule has 15 heavy (non-hydrogen) atoms. The van der Waals surface area contributed by atoms with Crippen LogP contribution in [-0.4, -0.2) is 14.8 Å². The molecule has 0 aliphatic rings. The zero-order chi connectivity index (χ0) is 10.7. The van der Waals surface area contributed by atoms with Gasteiger partial charge in [-0.25, -0.2) is 0 Å². The van der Waals surface area contributed by atoms with Crippen molar-refractivity contribution in [1.29, 1.82) is 0 Å². The van der Waals surface area contributed by atoms with Crippen LogP contribution in [0.2, 0.25) is 0 Å². The second-order valence-electron chi connectivity index (χ2n) is 3.52. The van der Waals surface area contributed by atoms with E-state index in [0.29, 0.717) is 13.1 Å². The highest BCUT2D eigenvalue weighted by Gasteiger charge is 1.98. The fourth-order valence-corrected chi connectivity index (χ4v) is 1.39. The van der Waals surface area contributed by atoms with Gasteiger partial charge in [0.25, 0.3) is 0 Å². The Bertz CT molecular complexity index is 430. The number of pyridine rings is 1.